The molecule has 10 atom stereocenters. The zero-order chi connectivity index (χ0) is 41.0. The molecule has 1 saturated carbocycles. The van der Waals surface area contributed by atoms with E-state index in [1.165, 1.54) is 7.11 Å². The topological polar surface area (TPSA) is 151 Å². The van der Waals surface area contributed by atoms with Crippen LogP contribution in [0.2, 0.25) is 0 Å². The summed E-state index contributed by atoms with van der Waals surface area (Å²) in [5.74, 6) is -0.564. The zero-order valence-electron chi connectivity index (χ0n) is 34.9. The molecule has 1 aromatic heterocycles. The molecule has 312 valence electrons. The van der Waals surface area contributed by atoms with Crippen molar-refractivity contribution in [2.45, 2.75) is 106 Å². The molecule has 2 bridgehead atoms. The van der Waals surface area contributed by atoms with Gasteiger partial charge in [0.25, 0.3) is 5.91 Å². The van der Waals surface area contributed by atoms with Gasteiger partial charge in [-0.05, 0) is 80.7 Å². The fourth-order valence-corrected chi connectivity index (χ4v) is 13.4. The molecule has 6 aliphatic rings. The highest BCUT2D eigenvalue weighted by Gasteiger charge is 2.78. The van der Waals surface area contributed by atoms with Crippen molar-refractivity contribution in [3.63, 3.8) is 0 Å². The lowest BCUT2D eigenvalue weighted by molar-refractivity contribution is -0.203. The van der Waals surface area contributed by atoms with Crippen molar-refractivity contribution in [3.05, 3.63) is 70.9 Å². The van der Waals surface area contributed by atoms with Crippen molar-refractivity contribution < 1.29 is 34.4 Å². The lowest BCUT2D eigenvalue weighted by Gasteiger charge is -2.63. The summed E-state index contributed by atoms with van der Waals surface area (Å²) in [7, 11) is 4.99. The number of para-hydroxylation sites is 1. The number of carbonyl (C=O) groups is 2. The molecule has 5 aliphatic heterocycles. The lowest BCUT2D eigenvalue weighted by Crippen LogP contribution is -2.81. The number of aliphatic hydroxyl groups excluding tert-OH is 1. The molecule has 2 saturated heterocycles. The smallest absolute Gasteiger partial charge is 0.322 e. The molecule has 12 heteroatoms. The number of rotatable bonds is 8. The molecular formula is C46H61N5O7. The number of H-pyrrole nitrogens is 1. The fraction of sp³-hybridized carbons (Fsp3) is 0.609. The maximum atomic E-state index is 15.3. The van der Waals surface area contributed by atoms with Crippen LogP contribution >= 0.6 is 0 Å². The summed E-state index contributed by atoms with van der Waals surface area (Å²) in [5, 5.41) is 41.8. The second kappa shape index (κ2) is 13.8. The van der Waals surface area contributed by atoms with E-state index in [0.717, 1.165) is 46.5 Å². The van der Waals surface area contributed by atoms with Gasteiger partial charge in [-0.3, -0.25) is 19.4 Å². The van der Waals surface area contributed by atoms with Gasteiger partial charge in [-0.25, -0.2) is 0 Å². The van der Waals surface area contributed by atoms with E-state index in [1.807, 2.05) is 50.9 Å². The molecule has 2 aromatic carbocycles. The molecule has 3 aromatic rings. The van der Waals surface area contributed by atoms with Gasteiger partial charge < -0.3 is 40.0 Å². The predicted molar refractivity (Wildman–Crippen MR) is 222 cm³/mol. The van der Waals surface area contributed by atoms with E-state index in [-0.39, 0.29) is 12.0 Å². The van der Waals surface area contributed by atoms with Gasteiger partial charge in [0.2, 0.25) is 0 Å². The van der Waals surface area contributed by atoms with Crippen LogP contribution in [-0.4, -0.2) is 132 Å². The van der Waals surface area contributed by atoms with E-state index in [1.54, 1.807) is 7.11 Å². The number of hydrogen-bond acceptors (Lipinski definition) is 10. The SMILES string of the molecule is CCCNC(=O)C1(O)C(O)C2(CC)C=CCN3CCC4(c5cc(C6(C(=O)OC)CC7CN(CCc8c6[nH]c6ccccc86)CC(O)(CC)C7)c(OC)cc5N(C)C14)C32. The lowest BCUT2D eigenvalue weighted by atomic mass is 9.47. The van der Waals surface area contributed by atoms with Crippen LogP contribution in [0, 0.1) is 11.3 Å². The molecule has 3 fully saturated rings. The number of esters is 1. The number of nitrogens with zero attached hydrogens (tertiary/aromatic N) is 3. The Morgan fingerprint density at radius 2 is 1.81 bits per heavy atom. The highest BCUT2D eigenvalue weighted by molar-refractivity contribution is 5.95. The van der Waals surface area contributed by atoms with E-state index in [0.29, 0.717) is 82.4 Å². The van der Waals surface area contributed by atoms with Gasteiger partial charge in [0.1, 0.15) is 17.3 Å². The van der Waals surface area contributed by atoms with Crippen molar-refractivity contribution >= 4 is 28.5 Å². The Hall–Kier alpha value is -3.94. The number of methoxy groups -OCH3 is 2. The van der Waals surface area contributed by atoms with Crippen molar-refractivity contribution in [1.29, 1.82) is 0 Å². The van der Waals surface area contributed by atoms with Crippen LogP contribution in [0.5, 0.6) is 5.75 Å². The summed E-state index contributed by atoms with van der Waals surface area (Å²) in [5.41, 5.74) is -1.10. The number of hydrogen-bond donors (Lipinski definition) is 5. The fourth-order valence-electron chi connectivity index (χ4n) is 13.4. The van der Waals surface area contributed by atoms with E-state index in [4.69, 9.17) is 9.47 Å². The number of likely N-dealkylation sites (N-methyl/N-ethyl adjacent to an activating group) is 1. The first-order valence-corrected chi connectivity index (χ1v) is 21.5. The Kier molecular flexibility index (Phi) is 9.41. The first-order valence-electron chi connectivity index (χ1n) is 21.5. The van der Waals surface area contributed by atoms with Crippen LogP contribution in [0.25, 0.3) is 10.9 Å². The summed E-state index contributed by atoms with van der Waals surface area (Å²) in [6, 6.07) is 11.3. The largest absolute Gasteiger partial charge is 0.496 e. The van der Waals surface area contributed by atoms with Crippen molar-refractivity contribution in [1.82, 2.24) is 20.1 Å². The van der Waals surface area contributed by atoms with Crippen molar-refractivity contribution in [2.75, 3.05) is 65.4 Å². The maximum absolute atomic E-state index is 15.3. The molecule has 9 rings (SSSR count). The number of aromatic amines is 1. The average molecular weight is 796 g/mol. The molecule has 10 unspecified atom stereocenters. The molecule has 1 amide bonds. The molecular weight excluding hydrogens is 735 g/mol. The summed E-state index contributed by atoms with van der Waals surface area (Å²) in [4.78, 5) is 40.4. The monoisotopic (exact) mass is 795 g/mol. The number of fused-ring (bicyclic) bond motifs is 6. The van der Waals surface area contributed by atoms with Crippen LogP contribution in [-0.2, 0) is 31.6 Å². The number of aromatic nitrogens is 1. The third kappa shape index (κ3) is 5.04. The normalized spacial score (nSPS) is 37.5. The van der Waals surface area contributed by atoms with Gasteiger partial charge in [-0.15, -0.1) is 0 Å². The predicted octanol–water partition coefficient (Wildman–Crippen LogP) is 3.77. The van der Waals surface area contributed by atoms with Crippen LogP contribution < -0.4 is 15.0 Å². The number of amides is 1. The number of piperidine rings is 1. The molecule has 1 aliphatic carbocycles. The number of benzene rings is 2. The van der Waals surface area contributed by atoms with Gasteiger partial charge in [0, 0.05) is 90.6 Å². The van der Waals surface area contributed by atoms with E-state index >= 15 is 4.79 Å². The van der Waals surface area contributed by atoms with Crippen LogP contribution in [0.1, 0.15) is 81.7 Å². The number of nitrogens with one attached hydrogen (secondary N) is 2. The van der Waals surface area contributed by atoms with E-state index in [9.17, 15) is 20.1 Å². The van der Waals surface area contributed by atoms with Crippen LogP contribution in [0.4, 0.5) is 5.69 Å². The van der Waals surface area contributed by atoms with Gasteiger partial charge in [0.05, 0.1) is 25.9 Å². The molecule has 5 N–H and O–H groups in total. The Morgan fingerprint density at radius 1 is 1.02 bits per heavy atom. The minimum Gasteiger partial charge on any atom is -0.496 e. The molecule has 12 nitrogen and oxygen atoms in total. The van der Waals surface area contributed by atoms with Crippen molar-refractivity contribution in [2.24, 2.45) is 11.3 Å². The number of carbonyl (C=O) groups excluding carboxylic acids is 2. The van der Waals surface area contributed by atoms with Gasteiger partial charge in [0.15, 0.2) is 5.60 Å². The highest BCUT2D eigenvalue weighted by Crippen LogP contribution is 2.67. The first kappa shape index (κ1) is 39.5. The third-order valence-electron chi connectivity index (χ3n) is 15.7. The second-order valence-corrected chi connectivity index (χ2v) is 18.4. The number of ether oxygens (including phenoxy) is 2. The summed E-state index contributed by atoms with van der Waals surface area (Å²) in [6.07, 6.45) is 6.74. The summed E-state index contributed by atoms with van der Waals surface area (Å²) in [6.45, 7) is 9.85. The maximum Gasteiger partial charge on any atom is 0.322 e. The minimum atomic E-state index is -2.18. The van der Waals surface area contributed by atoms with Crippen molar-refractivity contribution in [3.8, 4) is 5.75 Å². The first-order chi connectivity index (χ1) is 27.8. The van der Waals surface area contributed by atoms with E-state index in [2.05, 4.69) is 50.5 Å². The Labute approximate surface area is 341 Å². The third-order valence-corrected chi connectivity index (χ3v) is 15.7. The Morgan fingerprint density at radius 3 is 2.53 bits per heavy atom. The average Bonchev–Trinajstić information content (AvgIpc) is 3.89. The van der Waals surface area contributed by atoms with Crippen LogP contribution in [0.3, 0.4) is 0 Å². The second-order valence-electron chi connectivity index (χ2n) is 18.4. The molecule has 6 heterocycles. The number of anilines is 1. The number of aliphatic hydroxyl groups is 3. The quantitative estimate of drug-likeness (QED) is 0.169. The van der Waals surface area contributed by atoms with Crippen LogP contribution in [0.15, 0.2) is 48.6 Å². The molecule has 0 radical (unpaired) electrons. The Bertz CT molecular complexity index is 2170. The summed E-state index contributed by atoms with van der Waals surface area (Å²) < 4.78 is 12.3. The van der Waals surface area contributed by atoms with Gasteiger partial charge >= 0.3 is 5.97 Å². The summed E-state index contributed by atoms with van der Waals surface area (Å²) >= 11 is 0. The minimum absolute atomic E-state index is 0.0721. The highest BCUT2D eigenvalue weighted by atomic mass is 16.5. The van der Waals surface area contributed by atoms with E-state index < -0.39 is 51.5 Å². The van der Waals surface area contributed by atoms with Gasteiger partial charge in [-0.1, -0.05) is 51.1 Å². The molecule has 1 spiro atoms. The zero-order valence-corrected chi connectivity index (χ0v) is 34.9. The van der Waals surface area contributed by atoms with Gasteiger partial charge in [-0.2, -0.15) is 0 Å². The molecule has 58 heavy (non-hydrogen) atoms. The Balaban J connectivity index is 1.35. The standard InChI is InChI=1S/C46H61N5O7/c1-7-18-47-40(53)46(56)38-44(17-21-51-19-12-16-43(9-3,37(44)51)39(46)52)31-22-32(35(57-5)23-34(31)49(38)4)45(41(54)58-6)25-28-24-42(55,8-2)27-50(26-28)20-15-30-29-13-10-11-14-33(29)48-36(30)45/h10-14,16,22-23,28,37-39,48,52,55-56H,7-9,15,17-21,24-27H2,1-6H3,(H,47,53).